The van der Waals surface area contributed by atoms with E-state index in [-0.39, 0.29) is 17.5 Å². The van der Waals surface area contributed by atoms with Gasteiger partial charge in [0.15, 0.2) is 11.0 Å². The molecule has 1 amide bonds. The Hall–Kier alpha value is -2.87. The van der Waals surface area contributed by atoms with Gasteiger partial charge in [0.25, 0.3) is 0 Å². The van der Waals surface area contributed by atoms with E-state index < -0.39 is 0 Å². The highest BCUT2D eigenvalue weighted by atomic mass is 32.2. The summed E-state index contributed by atoms with van der Waals surface area (Å²) in [4.78, 5) is 12.1. The standard InChI is InChI=1S/C19H19FN4O2S/c1-24-18(14-6-8-15(20)9-7-14)22-23-19(24)27-12-17(25)21-11-13-4-3-5-16(10-13)26-2/h3-10H,11-12H2,1-2H3,(H,21,25). The van der Waals surface area contributed by atoms with Crippen LogP contribution in [0, 0.1) is 5.82 Å². The molecule has 2 aromatic carbocycles. The maximum absolute atomic E-state index is 13.1. The zero-order chi connectivity index (χ0) is 19.2. The highest BCUT2D eigenvalue weighted by Crippen LogP contribution is 2.22. The van der Waals surface area contributed by atoms with E-state index in [4.69, 9.17) is 4.74 Å². The van der Waals surface area contributed by atoms with Crippen molar-refractivity contribution in [3.8, 4) is 17.1 Å². The third-order valence-corrected chi connectivity index (χ3v) is 4.91. The van der Waals surface area contributed by atoms with Crippen molar-refractivity contribution in [3.63, 3.8) is 0 Å². The van der Waals surface area contributed by atoms with Gasteiger partial charge in [0.1, 0.15) is 11.6 Å². The van der Waals surface area contributed by atoms with Crippen LogP contribution in [-0.4, -0.2) is 33.5 Å². The molecule has 3 aromatic rings. The molecule has 0 aliphatic carbocycles. The smallest absolute Gasteiger partial charge is 0.230 e. The number of nitrogens with one attached hydrogen (secondary N) is 1. The third-order valence-electron chi connectivity index (χ3n) is 3.89. The van der Waals surface area contributed by atoms with Crippen LogP contribution in [-0.2, 0) is 18.4 Å². The highest BCUT2D eigenvalue weighted by Gasteiger charge is 2.13. The van der Waals surface area contributed by atoms with Crippen LogP contribution in [0.15, 0.2) is 53.7 Å². The Morgan fingerprint density at radius 3 is 2.74 bits per heavy atom. The van der Waals surface area contributed by atoms with Gasteiger partial charge in [0.2, 0.25) is 5.91 Å². The zero-order valence-electron chi connectivity index (χ0n) is 15.0. The molecule has 27 heavy (non-hydrogen) atoms. The average Bonchev–Trinajstić information content (AvgIpc) is 3.06. The maximum Gasteiger partial charge on any atom is 0.230 e. The van der Waals surface area contributed by atoms with E-state index in [0.717, 1.165) is 16.9 Å². The molecule has 0 fully saturated rings. The van der Waals surface area contributed by atoms with E-state index in [0.29, 0.717) is 17.5 Å². The molecular weight excluding hydrogens is 367 g/mol. The lowest BCUT2D eigenvalue weighted by Gasteiger charge is -2.07. The van der Waals surface area contributed by atoms with Crippen LogP contribution >= 0.6 is 11.8 Å². The fourth-order valence-electron chi connectivity index (χ4n) is 2.46. The molecule has 1 N–H and O–H groups in total. The molecule has 0 saturated heterocycles. The molecule has 140 valence electrons. The van der Waals surface area contributed by atoms with Gasteiger partial charge in [-0.15, -0.1) is 10.2 Å². The van der Waals surface area contributed by atoms with Crippen molar-refractivity contribution >= 4 is 17.7 Å². The number of benzene rings is 2. The summed E-state index contributed by atoms with van der Waals surface area (Å²) in [6.45, 7) is 0.427. The van der Waals surface area contributed by atoms with Crippen molar-refractivity contribution < 1.29 is 13.9 Å². The molecule has 8 heteroatoms. The predicted octanol–water partition coefficient (Wildman–Crippen LogP) is 3.04. The second kappa shape index (κ2) is 8.68. The topological polar surface area (TPSA) is 69.0 Å². The molecule has 0 saturated carbocycles. The van der Waals surface area contributed by atoms with Gasteiger partial charge in [-0.25, -0.2) is 4.39 Å². The normalized spacial score (nSPS) is 10.6. The molecule has 0 atom stereocenters. The summed E-state index contributed by atoms with van der Waals surface area (Å²) in [7, 11) is 3.42. The number of amides is 1. The number of hydrogen-bond acceptors (Lipinski definition) is 5. The van der Waals surface area contributed by atoms with Crippen LogP contribution in [0.5, 0.6) is 5.75 Å². The predicted molar refractivity (Wildman–Crippen MR) is 102 cm³/mol. The molecule has 0 bridgehead atoms. The van der Waals surface area contributed by atoms with Gasteiger partial charge in [-0.05, 0) is 42.0 Å². The molecule has 0 unspecified atom stereocenters. The minimum absolute atomic E-state index is 0.103. The van der Waals surface area contributed by atoms with Crippen LogP contribution in [0.25, 0.3) is 11.4 Å². The summed E-state index contributed by atoms with van der Waals surface area (Å²) < 4.78 is 20.0. The van der Waals surface area contributed by atoms with Crippen molar-refractivity contribution in [2.45, 2.75) is 11.7 Å². The highest BCUT2D eigenvalue weighted by molar-refractivity contribution is 7.99. The molecule has 3 rings (SSSR count). The van der Waals surface area contributed by atoms with Gasteiger partial charge in [0.05, 0.1) is 12.9 Å². The number of halogens is 1. The van der Waals surface area contributed by atoms with Gasteiger partial charge in [-0.2, -0.15) is 0 Å². The number of rotatable bonds is 7. The van der Waals surface area contributed by atoms with E-state index in [1.165, 1.54) is 23.9 Å². The fourth-order valence-corrected chi connectivity index (χ4v) is 3.20. The van der Waals surface area contributed by atoms with E-state index in [1.54, 1.807) is 23.8 Å². The van der Waals surface area contributed by atoms with Crippen LogP contribution in [0.3, 0.4) is 0 Å². The lowest BCUT2D eigenvalue weighted by molar-refractivity contribution is -0.118. The van der Waals surface area contributed by atoms with Crippen LogP contribution < -0.4 is 10.1 Å². The molecule has 1 aromatic heterocycles. The zero-order valence-corrected chi connectivity index (χ0v) is 15.8. The minimum Gasteiger partial charge on any atom is -0.497 e. The largest absolute Gasteiger partial charge is 0.497 e. The van der Waals surface area contributed by atoms with Crippen molar-refractivity contribution in [1.82, 2.24) is 20.1 Å². The number of ether oxygens (including phenoxy) is 1. The fraction of sp³-hybridized carbons (Fsp3) is 0.211. The monoisotopic (exact) mass is 386 g/mol. The first-order valence-electron chi connectivity index (χ1n) is 8.24. The Kier molecular flexibility index (Phi) is 6.08. The summed E-state index contributed by atoms with van der Waals surface area (Å²) >= 11 is 1.30. The number of hydrogen-bond donors (Lipinski definition) is 1. The molecule has 0 aliphatic rings. The summed E-state index contributed by atoms with van der Waals surface area (Å²) in [5.41, 5.74) is 1.73. The van der Waals surface area contributed by atoms with Crippen molar-refractivity contribution in [1.29, 1.82) is 0 Å². The van der Waals surface area contributed by atoms with E-state index in [1.807, 2.05) is 31.3 Å². The van der Waals surface area contributed by atoms with Gasteiger partial charge in [-0.3, -0.25) is 4.79 Å². The Morgan fingerprint density at radius 1 is 1.22 bits per heavy atom. The quantitative estimate of drug-likeness (QED) is 0.632. The van der Waals surface area contributed by atoms with Gasteiger partial charge in [-0.1, -0.05) is 23.9 Å². The summed E-state index contributed by atoms with van der Waals surface area (Å²) in [5.74, 6) is 1.19. The molecule has 0 aliphatic heterocycles. The van der Waals surface area contributed by atoms with Gasteiger partial charge < -0.3 is 14.6 Å². The second-order valence-corrected chi connectivity index (χ2v) is 6.73. The first-order chi connectivity index (χ1) is 13.1. The SMILES string of the molecule is COc1cccc(CNC(=O)CSc2nnc(-c3ccc(F)cc3)n2C)c1. The van der Waals surface area contributed by atoms with Crippen LogP contribution in [0.1, 0.15) is 5.56 Å². The van der Waals surface area contributed by atoms with E-state index in [2.05, 4.69) is 15.5 Å². The summed E-state index contributed by atoms with van der Waals surface area (Å²) in [5, 5.41) is 11.7. The average molecular weight is 386 g/mol. The van der Waals surface area contributed by atoms with Crippen LogP contribution in [0.2, 0.25) is 0 Å². The van der Waals surface area contributed by atoms with Gasteiger partial charge in [0, 0.05) is 19.2 Å². The lowest BCUT2D eigenvalue weighted by Crippen LogP contribution is -2.24. The van der Waals surface area contributed by atoms with Crippen molar-refractivity contribution in [3.05, 3.63) is 59.9 Å². The molecule has 6 nitrogen and oxygen atoms in total. The Morgan fingerprint density at radius 2 is 2.00 bits per heavy atom. The second-order valence-electron chi connectivity index (χ2n) is 5.79. The summed E-state index contributed by atoms with van der Waals surface area (Å²) in [6.07, 6.45) is 0. The van der Waals surface area contributed by atoms with Crippen molar-refractivity contribution in [2.75, 3.05) is 12.9 Å². The first-order valence-corrected chi connectivity index (χ1v) is 9.23. The summed E-state index contributed by atoms with van der Waals surface area (Å²) in [6, 6.07) is 13.6. The Labute approximate surface area is 160 Å². The van der Waals surface area contributed by atoms with Crippen molar-refractivity contribution in [2.24, 2.45) is 7.05 Å². The molecule has 0 spiro atoms. The number of nitrogens with zero attached hydrogens (tertiary/aromatic N) is 3. The first kappa shape index (κ1) is 18.9. The molecule has 0 radical (unpaired) electrons. The van der Waals surface area contributed by atoms with E-state index >= 15 is 0 Å². The Balaban J connectivity index is 1.55. The Bertz CT molecular complexity index is 928. The lowest BCUT2D eigenvalue weighted by atomic mass is 10.2. The number of carbonyl (C=O) groups excluding carboxylic acids is 1. The maximum atomic E-state index is 13.1. The van der Waals surface area contributed by atoms with Crippen LogP contribution in [0.4, 0.5) is 4.39 Å². The van der Waals surface area contributed by atoms with Gasteiger partial charge >= 0.3 is 0 Å². The van der Waals surface area contributed by atoms with E-state index in [9.17, 15) is 9.18 Å². The third kappa shape index (κ3) is 4.85. The minimum atomic E-state index is -0.303. The number of methoxy groups -OCH3 is 1. The number of thioether (sulfide) groups is 1. The molecular formula is C19H19FN4O2S. The molecule has 1 heterocycles. The number of aromatic nitrogens is 3. The number of carbonyl (C=O) groups is 1.